The number of benzene rings is 1. The number of amides is 1. The molecule has 0 N–H and O–H groups in total. The van der Waals surface area contributed by atoms with E-state index in [-0.39, 0.29) is 68.0 Å². The quantitative estimate of drug-likeness (QED) is 0.172. The molecule has 1 amide bonds. The number of carbonyl (C=O) groups excluding carboxylic acids is 2. The number of methoxy groups -OCH3 is 1. The van der Waals surface area contributed by atoms with Gasteiger partial charge in [-0.15, -0.1) is 0 Å². The van der Waals surface area contributed by atoms with Gasteiger partial charge in [0.15, 0.2) is 0 Å². The molecule has 1 fully saturated rings. The van der Waals surface area contributed by atoms with E-state index in [2.05, 4.69) is 9.97 Å². The Morgan fingerprint density at radius 3 is 2.56 bits per heavy atom. The second-order valence-corrected chi connectivity index (χ2v) is 12.3. The van der Waals surface area contributed by atoms with Gasteiger partial charge in [-0.1, -0.05) is 12.1 Å². The van der Waals surface area contributed by atoms with Gasteiger partial charge in [0.05, 0.1) is 41.5 Å². The highest BCUT2D eigenvalue weighted by atomic mass is 35.5. The number of ether oxygens (including phenoxy) is 2. The number of nitriles is 1. The first kappa shape index (κ1) is 33.7. The fourth-order valence-electron chi connectivity index (χ4n) is 6.10. The van der Waals surface area contributed by atoms with E-state index in [1.165, 1.54) is 21.9 Å². The molecule has 0 saturated carbocycles. The predicted octanol–water partition coefficient (Wildman–Crippen LogP) is 5.39. The van der Waals surface area contributed by atoms with Crippen LogP contribution in [-0.4, -0.2) is 70.2 Å². The first-order chi connectivity index (χ1) is 21.0. The molecule has 242 valence electrons. The van der Waals surface area contributed by atoms with Crippen LogP contribution in [0.2, 0.25) is 5.28 Å². The molecule has 12 nitrogen and oxygen atoms in total. The number of halogens is 4. The zero-order valence-corrected chi connectivity index (χ0v) is 25.9. The summed E-state index contributed by atoms with van der Waals surface area (Å²) in [5, 5.41) is 21.7. The minimum Gasteiger partial charge on any atom is -0.468 e. The van der Waals surface area contributed by atoms with Crippen LogP contribution in [-0.2, 0) is 38.7 Å². The topological polar surface area (TPSA) is 152 Å². The van der Waals surface area contributed by atoms with Crippen molar-refractivity contribution in [3.63, 3.8) is 0 Å². The zero-order chi connectivity index (χ0) is 33.3. The summed E-state index contributed by atoms with van der Waals surface area (Å²) in [6, 6.07) is 4.83. The number of aromatic nitrogens is 2. The van der Waals surface area contributed by atoms with Crippen molar-refractivity contribution in [2.24, 2.45) is 0 Å². The summed E-state index contributed by atoms with van der Waals surface area (Å²) in [7, 11) is 1.10. The number of carbonyl (C=O) groups is 2. The number of hydrogen-bond acceptors (Lipinski definition) is 10. The molecule has 1 aliphatic heterocycles. The van der Waals surface area contributed by atoms with Crippen molar-refractivity contribution < 1.29 is 37.2 Å². The van der Waals surface area contributed by atoms with Gasteiger partial charge in [0.25, 0.3) is 0 Å². The Kier molecular flexibility index (Phi) is 9.48. The molecule has 2 aromatic rings. The molecule has 1 aromatic carbocycles. The number of rotatable bonds is 6. The molecule has 16 heteroatoms. The standard InChI is InChI=1S/C29H32ClF3N6O6/c1-27(2,3)45-26(41)38-14-13-37(16-17(38)10-12-34)23-22(39(42)43)21(35-25(30)36-23)15-28(24(40)44-4)11-6-7-18-19(28)8-5-9-20(18)29(31,32)33/h5,8-9,17H,6-7,10-11,13-16H2,1-4H3/t17-,28?/m0/s1. The molecular formula is C29H32ClF3N6O6. The first-order valence-corrected chi connectivity index (χ1v) is 14.5. The molecule has 1 unspecified atom stereocenters. The van der Waals surface area contributed by atoms with Crippen LogP contribution in [0.5, 0.6) is 0 Å². The van der Waals surface area contributed by atoms with Gasteiger partial charge < -0.3 is 19.3 Å². The third kappa shape index (κ3) is 6.90. The van der Waals surface area contributed by atoms with E-state index in [0.717, 1.165) is 13.2 Å². The fourth-order valence-corrected chi connectivity index (χ4v) is 6.28. The summed E-state index contributed by atoms with van der Waals surface area (Å²) in [6.07, 6.45) is -5.67. The number of piperazine rings is 1. The maximum absolute atomic E-state index is 14.0. The average molecular weight is 653 g/mol. The summed E-state index contributed by atoms with van der Waals surface area (Å²) in [5.74, 6) is -1.07. The Hall–Kier alpha value is -4.19. The maximum atomic E-state index is 14.0. The number of nitro groups is 1. The van der Waals surface area contributed by atoms with Crippen LogP contribution in [0.4, 0.5) is 29.5 Å². The Morgan fingerprint density at radius 1 is 1.24 bits per heavy atom. The zero-order valence-electron chi connectivity index (χ0n) is 25.1. The van der Waals surface area contributed by atoms with Crippen LogP contribution in [0, 0.1) is 21.4 Å². The number of nitrogens with zero attached hydrogens (tertiary/aromatic N) is 6. The van der Waals surface area contributed by atoms with Crippen molar-refractivity contribution in [3.05, 3.63) is 56.0 Å². The fraction of sp³-hybridized carbons (Fsp3) is 0.552. The Balaban J connectivity index is 1.80. The van der Waals surface area contributed by atoms with Crippen molar-refractivity contribution in [1.29, 1.82) is 5.26 Å². The molecular weight excluding hydrogens is 621 g/mol. The van der Waals surface area contributed by atoms with Crippen LogP contribution < -0.4 is 4.90 Å². The van der Waals surface area contributed by atoms with Crippen LogP contribution in [0.3, 0.4) is 0 Å². The molecule has 2 aliphatic rings. The minimum atomic E-state index is -4.69. The molecule has 2 atom stereocenters. The van der Waals surface area contributed by atoms with Gasteiger partial charge in [0, 0.05) is 26.1 Å². The van der Waals surface area contributed by atoms with E-state index in [0.29, 0.717) is 0 Å². The normalized spacial score (nSPS) is 20.2. The van der Waals surface area contributed by atoms with Gasteiger partial charge in [-0.2, -0.15) is 23.4 Å². The van der Waals surface area contributed by atoms with Crippen molar-refractivity contribution in [2.45, 2.75) is 76.1 Å². The highest BCUT2D eigenvalue weighted by molar-refractivity contribution is 6.28. The first-order valence-electron chi connectivity index (χ1n) is 14.1. The predicted molar refractivity (Wildman–Crippen MR) is 155 cm³/mol. The lowest BCUT2D eigenvalue weighted by atomic mass is 9.66. The molecule has 2 heterocycles. The van der Waals surface area contributed by atoms with E-state index in [4.69, 9.17) is 21.1 Å². The van der Waals surface area contributed by atoms with Gasteiger partial charge in [-0.25, -0.2) is 9.78 Å². The Morgan fingerprint density at radius 2 is 1.96 bits per heavy atom. The maximum Gasteiger partial charge on any atom is 0.416 e. The van der Waals surface area contributed by atoms with Crippen molar-refractivity contribution in [1.82, 2.24) is 14.9 Å². The van der Waals surface area contributed by atoms with E-state index in [9.17, 15) is 38.1 Å². The lowest BCUT2D eigenvalue weighted by Crippen LogP contribution is -2.56. The van der Waals surface area contributed by atoms with E-state index >= 15 is 0 Å². The summed E-state index contributed by atoms with van der Waals surface area (Å²) in [4.78, 5) is 49.3. The van der Waals surface area contributed by atoms with Crippen LogP contribution in [0.15, 0.2) is 18.2 Å². The Bertz CT molecular complexity index is 1540. The van der Waals surface area contributed by atoms with Gasteiger partial charge in [0.1, 0.15) is 11.3 Å². The molecule has 0 spiro atoms. The third-order valence-electron chi connectivity index (χ3n) is 7.90. The number of hydrogen-bond donors (Lipinski definition) is 0. The number of anilines is 1. The van der Waals surface area contributed by atoms with Gasteiger partial charge in [-0.05, 0) is 68.8 Å². The SMILES string of the molecule is COC(=O)C1(Cc2nc(Cl)nc(N3CCN(C(=O)OC(C)(C)C)[C@@H](CC#N)C3)c2[N+](=O)[O-])CCCc2c(C(F)(F)F)cccc21. The van der Waals surface area contributed by atoms with E-state index in [1.54, 1.807) is 20.8 Å². The highest BCUT2D eigenvalue weighted by Crippen LogP contribution is 2.47. The molecule has 1 aromatic heterocycles. The Labute approximate surface area is 262 Å². The molecule has 1 saturated heterocycles. The molecule has 4 rings (SSSR count). The largest absolute Gasteiger partial charge is 0.468 e. The number of esters is 1. The van der Waals surface area contributed by atoms with Gasteiger partial charge in [0.2, 0.25) is 11.1 Å². The molecule has 0 radical (unpaired) electrons. The summed E-state index contributed by atoms with van der Waals surface area (Å²) >= 11 is 6.28. The van der Waals surface area contributed by atoms with Crippen LogP contribution >= 0.6 is 11.6 Å². The monoisotopic (exact) mass is 652 g/mol. The van der Waals surface area contributed by atoms with Crippen LogP contribution in [0.1, 0.15) is 62.4 Å². The summed E-state index contributed by atoms with van der Waals surface area (Å²) in [5.41, 5.74) is -4.31. The average Bonchev–Trinajstić information content (AvgIpc) is 2.94. The number of alkyl halides is 3. The van der Waals surface area contributed by atoms with Gasteiger partial charge in [-0.3, -0.25) is 14.9 Å². The third-order valence-corrected chi connectivity index (χ3v) is 8.07. The molecule has 45 heavy (non-hydrogen) atoms. The molecule has 0 bridgehead atoms. The van der Waals surface area contributed by atoms with Crippen LogP contribution in [0.25, 0.3) is 0 Å². The smallest absolute Gasteiger partial charge is 0.416 e. The summed E-state index contributed by atoms with van der Waals surface area (Å²) < 4.78 is 52.4. The summed E-state index contributed by atoms with van der Waals surface area (Å²) in [6.45, 7) is 5.14. The second kappa shape index (κ2) is 12.7. The van der Waals surface area contributed by atoms with E-state index < -0.39 is 63.2 Å². The second-order valence-electron chi connectivity index (χ2n) is 11.9. The van der Waals surface area contributed by atoms with Crippen molar-refractivity contribution in [2.75, 3.05) is 31.6 Å². The minimum absolute atomic E-state index is 0.0368. The molecule has 1 aliphatic carbocycles. The number of fused-ring (bicyclic) bond motifs is 1. The van der Waals surface area contributed by atoms with Crippen molar-refractivity contribution in [3.8, 4) is 6.07 Å². The lowest BCUT2D eigenvalue weighted by molar-refractivity contribution is -0.385. The van der Waals surface area contributed by atoms with Gasteiger partial charge >= 0.3 is 23.9 Å². The van der Waals surface area contributed by atoms with E-state index in [1.807, 2.05) is 6.07 Å². The highest BCUT2D eigenvalue weighted by Gasteiger charge is 2.49. The van der Waals surface area contributed by atoms with Crippen molar-refractivity contribution >= 4 is 35.2 Å². The lowest BCUT2D eigenvalue weighted by Gasteiger charge is -2.41.